The molecule has 0 atom stereocenters. The van der Waals surface area contributed by atoms with Crippen molar-refractivity contribution in [2.45, 2.75) is 6.54 Å². The van der Waals surface area contributed by atoms with E-state index in [0.29, 0.717) is 11.3 Å². The molecule has 2 N–H and O–H groups in total. The van der Waals surface area contributed by atoms with Gasteiger partial charge in [0.05, 0.1) is 6.54 Å². The van der Waals surface area contributed by atoms with Gasteiger partial charge in [0, 0.05) is 25.1 Å². The van der Waals surface area contributed by atoms with Gasteiger partial charge in [-0.2, -0.15) is 0 Å². The van der Waals surface area contributed by atoms with Gasteiger partial charge in [0.1, 0.15) is 5.82 Å². The minimum atomic E-state index is -0.663. The standard InChI is InChI=1S/C12H12FN3O2/c1-15-4-5-16(12(18)11(15)17)7-8-6-9(13)2-3-10(8)14/h2-6H,7,14H2,1H3. The second-order valence-electron chi connectivity index (χ2n) is 3.99. The zero-order valence-electron chi connectivity index (χ0n) is 9.76. The van der Waals surface area contributed by atoms with Crippen LogP contribution in [0.15, 0.2) is 40.2 Å². The molecule has 18 heavy (non-hydrogen) atoms. The van der Waals surface area contributed by atoms with E-state index in [0.717, 1.165) is 0 Å². The van der Waals surface area contributed by atoms with Gasteiger partial charge in [0.15, 0.2) is 0 Å². The molecule has 1 aromatic heterocycles. The highest BCUT2D eigenvalue weighted by Gasteiger charge is 2.06. The lowest BCUT2D eigenvalue weighted by Gasteiger charge is -2.08. The summed E-state index contributed by atoms with van der Waals surface area (Å²) in [5.74, 6) is -0.434. The van der Waals surface area contributed by atoms with Crippen LogP contribution in [-0.2, 0) is 13.6 Å². The molecule has 1 heterocycles. The number of hydrogen-bond acceptors (Lipinski definition) is 3. The third-order valence-corrected chi connectivity index (χ3v) is 2.68. The van der Waals surface area contributed by atoms with Crippen molar-refractivity contribution in [2.75, 3.05) is 5.73 Å². The molecule has 0 saturated heterocycles. The van der Waals surface area contributed by atoms with E-state index in [1.807, 2.05) is 0 Å². The molecular weight excluding hydrogens is 237 g/mol. The van der Waals surface area contributed by atoms with E-state index in [4.69, 9.17) is 5.73 Å². The second-order valence-corrected chi connectivity index (χ2v) is 3.99. The number of hydrogen-bond donors (Lipinski definition) is 1. The molecule has 5 nitrogen and oxygen atoms in total. The lowest BCUT2D eigenvalue weighted by molar-refractivity contribution is 0.622. The van der Waals surface area contributed by atoms with Crippen molar-refractivity contribution in [3.8, 4) is 0 Å². The summed E-state index contributed by atoms with van der Waals surface area (Å²) >= 11 is 0. The van der Waals surface area contributed by atoms with Crippen LogP contribution in [0.1, 0.15) is 5.56 Å². The number of benzene rings is 1. The Kier molecular flexibility index (Phi) is 3.01. The maximum absolute atomic E-state index is 13.1. The van der Waals surface area contributed by atoms with Gasteiger partial charge in [0.2, 0.25) is 0 Å². The fourth-order valence-corrected chi connectivity index (χ4v) is 1.61. The van der Waals surface area contributed by atoms with Crippen LogP contribution in [0.25, 0.3) is 0 Å². The second kappa shape index (κ2) is 4.48. The Morgan fingerprint density at radius 1 is 1.22 bits per heavy atom. The largest absolute Gasteiger partial charge is 0.398 e. The van der Waals surface area contributed by atoms with Crippen molar-refractivity contribution in [3.05, 3.63) is 62.7 Å². The van der Waals surface area contributed by atoms with Crippen LogP contribution in [0.3, 0.4) is 0 Å². The average molecular weight is 249 g/mol. The summed E-state index contributed by atoms with van der Waals surface area (Å²) in [6.07, 6.45) is 2.94. The minimum absolute atomic E-state index is 0.0680. The molecule has 0 unspecified atom stereocenters. The van der Waals surface area contributed by atoms with Gasteiger partial charge in [-0.15, -0.1) is 0 Å². The summed E-state index contributed by atoms with van der Waals surface area (Å²) < 4.78 is 15.5. The van der Waals surface area contributed by atoms with Gasteiger partial charge in [-0.25, -0.2) is 4.39 Å². The third kappa shape index (κ3) is 2.17. The zero-order chi connectivity index (χ0) is 13.3. The predicted molar refractivity (Wildman–Crippen MR) is 65.9 cm³/mol. The number of nitrogens with two attached hydrogens (primary N) is 1. The maximum Gasteiger partial charge on any atom is 0.316 e. The van der Waals surface area contributed by atoms with Crippen LogP contribution in [0.4, 0.5) is 10.1 Å². The summed E-state index contributed by atoms with van der Waals surface area (Å²) in [5.41, 5.74) is 5.24. The molecule has 2 rings (SSSR count). The zero-order valence-corrected chi connectivity index (χ0v) is 9.76. The summed E-state index contributed by atoms with van der Waals surface area (Å²) in [4.78, 5) is 23.1. The van der Waals surface area contributed by atoms with Crippen molar-refractivity contribution in [3.63, 3.8) is 0 Å². The lowest BCUT2D eigenvalue weighted by Crippen LogP contribution is -2.39. The van der Waals surface area contributed by atoms with Crippen molar-refractivity contribution >= 4 is 5.69 Å². The maximum atomic E-state index is 13.1. The normalized spacial score (nSPS) is 10.6. The van der Waals surface area contributed by atoms with E-state index in [9.17, 15) is 14.0 Å². The Morgan fingerprint density at radius 3 is 2.67 bits per heavy atom. The van der Waals surface area contributed by atoms with Gasteiger partial charge in [-0.3, -0.25) is 9.59 Å². The van der Waals surface area contributed by atoms with Crippen LogP contribution in [-0.4, -0.2) is 9.13 Å². The highest BCUT2D eigenvalue weighted by Crippen LogP contribution is 2.13. The Morgan fingerprint density at radius 2 is 1.94 bits per heavy atom. The highest BCUT2D eigenvalue weighted by atomic mass is 19.1. The molecule has 0 aliphatic rings. The predicted octanol–water partition coefficient (Wildman–Crippen LogP) is 0.317. The number of nitrogens with zero attached hydrogens (tertiary/aromatic N) is 2. The van der Waals surface area contributed by atoms with E-state index in [1.165, 1.54) is 46.8 Å². The summed E-state index contributed by atoms with van der Waals surface area (Å²) in [6, 6.07) is 3.92. The molecule has 0 aliphatic heterocycles. The first kappa shape index (κ1) is 12.1. The summed E-state index contributed by atoms with van der Waals surface area (Å²) in [6.45, 7) is 0.0680. The lowest BCUT2D eigenvalue weighted by atomic mass is 10.2. The van der Waals surface area contributed by atoms with Crippen molar-refractivity contribution in [2.24, 2.45) is 7.05 Å². The molecule has 2 aromatic rings. The van der Waals surface area contributed by atoms with Crippen LogP contribution in [0.5, 0.6) is 0 Å². The third-order valence-electron chi connectivity index (χ3n) is 2.68. The molecule has 0 radical (unpaired) electrons. The minimum Gasteiger partial charge on any atom is -0.398 e. The average Bonchev–Trinajstić information content (AvgIpc) is 2.34. The SMILES string of the molecule is Cn1ccn(Cc2cc(F)ccc2N)c(=O)c1=O. The number of halogens is 1. The van der Waals surface area contributed by atoms with Crippen LogP contribution >= 0.6 is 0 Å². The molecule has 0 fully saturated rings. The first-order valence-corrected chi connectivity index (χ1v) is 5.29. The number of anilines is 1. The molecule has 0 aliphatic carbocycles. The van der Waals surface area contributed by atoms with Gasteiger partial charge >= 0.3 is 11.1 Å². The van der Waals surface area contributed by atoms with Gasteiger partial charge < -0.3 is 14.9 Å². The monoisotopic (exact) mass is 249 g/mol. The Hall–Kier alpha value is -2.37. The quantitative estimate of drug-likeness (QED) is 0.615. The van der Waals surface area contributed by atoms with Crippen LogP contribution < -0.4 is 16.9 Å². The first-order chi connectivity index (χ1) is 8.49. The number of rotatable bonds is 2. The Balaban J connectivity index is 2.47. The fourth-order valence-electron chi connectivity index (χ4n) is 1.61. The van der Waals surface area contributed by atoms with Crippen molar-refractivity contribution in [1.29, 1.82) is 0 Å². The first-order valence-electron chi connectivity index (χ1n) is 5.29. The molecule has 0 saturated carbocycles. The number of aryl methyl sites for hydroxylation is 1. The van der Waals surface area contributed by atoms with E-state index < -0.39 is 16.9 Å². The Bertz CT molecular complexity index is 703. The molecule has 94 valence electrons. The molecule has 0 bridgehead atoms. The van der Waals surface area contributed by atoms with E-state index in [-0.39, 0.29) is 6.54 Å². The van der Waals surface area contributed by atoms with Gasteiger partial charge in [0.25, 0.3) is 0 Å². The molecular formula is C12H12FN3O2. The number of nitrogen functional groups attached to an aromatic ring is 1. The molecule has 6 heteroatoms. The van der Waals surface area contributed by atoms with E-state index in [1.54, 1.807) is 0 Å². The topological polar surface area (TPSA) is 70.0 Å². The van der Waals surface area contributed by atoms with Crippen LogP contribution in [0.2, 0.25) is 0 Å². The summed E-state index contributed by atoms with van der Waals surface area (Å²) in [7, 11) is 1.49. The smallest absolute Gasteiger partial charge is 0.316 e. The van der Waals surface area contributed by atoms with Crippen molar-refractivity contribution < 1.29 is 4.39 Å². The highest BCUT2D eigenvalue weighted by molar-refractivity contribution is 5.46. The molecule has 0 spiro atoms. The van der Waals surface area contributed by atoms with Gasteiger partial charge in [-0.1, -0.05) is 0 Å². The van der Waals surface area contributed by atoms with E-state index in [2.05, 4.69) is 0 Å². The van der Waals surface area contributed by atoms with Crippen LogP contribution in [0, 0.1) is 5.82 Å². The van der Waals surface area contributed by atoms with Gasteiger partial charge in [-0.05, 0) is 23.8 Å². The Labute approximate surface area is 102 Å². The van der Waals surface area contributed by atoms with Crippen molar-refractivity contribution in [1.82, 2.24) is 9.13 Å². The van der Waals surface area contributed by atoms with E-state index >= 15 is 0 Å². The number of aromatic nitrogens is 2. The molecule has 0 amide bonds. The molecule has 1 aromatic carbocycles. The summed E-state index contributed by atoms with van der Waals surface area (Å²) in [5, 5.41) is 0. The fraction of sp³-hybridized carbons (Fsp3) is 0.167.